The van der Waals surface area contributed by atoms with E-state index >= 15 is 0 Å². The second-order valence-electron chi connectivity index (χ2n) is 3.41. The van der Waals surface area contributed by atoms with Gasteiger partial charge in [0.25, 0.3) is 0 Å². The second-order valence-corrected chi connectivity index (χ2v) is 3.41. The summed E-state index contributed by atoms with van der Waals surface area (Å²) < 4.78 is 18.2. The van der Waals surface area contributed by atoms with Crippen LogP contribution in [0, 0.1) is 18.2 Å². The Balaban J connectivity index is 2.96. The van der Waals surface area contributed by atoms with Gasteiger partial charge in [0.2, 0.25) is 0 Å². The predicted molar refractivity (Wildman–Crippen MR) is 62.8 cm³/mol. The van der Waals surface area contributed by atoms with Crippen molar-refractivity contribution in [2.75, 3.05) is 13.7 Å². The van der Waals surface area contributed by atoms with Gasteiger partial charge in [0.05, 0.1) is 7.11 Å². The Kier molecular flexibility index (Phi) is 4.81. The van der Waals surface area contributed by atoms with Gasteiger partial charge in [0, 0.05) is 12.5 Å². The summed E-state index contributed by atoms with van der Waals surface area (Å²) in [5.41, 5.74) is 0.943. The van der Waals surface area contributed by atoms with Crippen molar-refractivity contribution in [2.24, 2.45) is 0 Å². The van der Waals surface area contributed by atoms with Crippen LogP contribution in [0.25, 0.3) is 0 Å². The molecule has 0 bridgehead atoms. The molecule has 2 nitrogen and oxygen atoms in total. The lowest BCUT2D eigenvalue weighted by atomic mass is 10.0. The average molecular weight is 221 g/mol. The van der Waals surface area contributed by atoms with Gasteiger partial charge in [-0.15, -0.1) is 12.3 Å². The van der Waals surface area contributed by atoms with Gasteiger partial charge in [-0.3, -0.25) is 0 Å². The molecule has 0 spiro atoms. The highest BCUT2D eigenvalue weighted by Crippen LogP contribution is 2.24. The van der Waals surface area contributed by atoms with Crippen molar-refractivity contribution in [1.29, 1.82) is 0 Å². The molecule has 86 valence electrons. The second kappa shape index (κ2) is 6.14. The van der Waals surface area contributed by atoms with Crippen LogP contribution in [0.4, 0.5) is 4.39 Å². The van der Waals surface area contributed by atoms with Gasteiger partial charge >= 0.3 is 0 Å². The smallest absolute Gasteiger partial charge is 0.165 e. The minimum Gasteiger partial charge on any atom is -0.494 e. The zero-order chi connectivity index (χ0) is 12.0. The molecular formula is C13H16FNO. The summed E-state index contributed by atoms with van der Waals surface area (Å²) in [6, 6.07) is 4.85. The minimum atomic E-state index is -0.359. The van der Waals surface area contributed by atoms with Gasteiger partial charge < -0.3 is 10.1 Å². The van der Waals surface area contributed by atoms with E-state index in [4.69, 9.17) is 11.2 Å². The molecule has 0 aromatic heterocycles. The zero-order valence-electron chi connectivity index (χ0n) is 9.59. The fraction of sp³-hybridized carbons (Fsp3) is 0.385. The number of ether oxygens (including phenoxy) is 1. The first-order chi connectivity index (χ1) is 7.72. The first kappa shape index (κ1) is 12.5. The molecule has 1 aromatic rings. The number of hydrogen-bond donors (Lipinski definition) is 1. The Labute approximate surface area is 95.8 Å². The number of rotatable bonds is 5. The molecule has 0 saturated heterocycles. The Hall–Kier alpha value is -1.53. The predicted octanol–water partition coefficient (Wildman–Crippen LogP) is 2.51. The third-order valence-electron chi connectivity index (χ3n) is 2.35. The molecule has 0 heterocycles. The van der Waals surface area contributed by atoms with Crippen molar-refractivity contribution in [1.82, 2.24) is 5.32 Å². The summed E-state index contributed by atoms with van der Waals surface area (Å²) in [5, 5.41) is 3.25. The van der Waals surface area contributed by atoms with E-state index in [-0.39, 0.29) is 17.6 Å². The number of terminal acetylenes is 1. The van der Waals surface area contributed by atoms with E-state index in [1.165, 1.54) is 13.2 Å². The fourth-order valence-electron chi connectivity index (χ4n) is 1.57. The number of methoxy groups -OCH3 is 1. The van der Waals surface area contributed by atoms with Crippen LogP contribution < -0.4 is 10.1 Å². The number of halogens is 1. The molecule has 3 heteroatoms. The first-order valence-electron chi connectivity index (χ1n) is 5.23. The Morgan fingerprint density at radius 3 is 2.88 bits per heavy atom. The summed E-state index contributed by atoms with van der Waals surface area (Å²) in [7, 11) is 1.45. The molecule has 0 fully saturated rings. The van der Waals surface area contributed by atoms with Gasteiger partial charge in [-0.05, 0) is 24.2 Å². The molecule has 1 unspecified atom stereocenters. The largest absolute Gasteiger partial charge is 0.494 e. The summed E-state index contributed by atoms with van der Waals surface area (Å²) >= 11 is 0. The van der Waals surface area contributed by atoms with Crippen molar-refractivity contribution in [3.8, 4) is 18.1 Å². The number of hydrogen-bond acceptors (Lipinski definition) is 2. The molecule has 0 aliphatic heterocycles. The molecular weight excluding hydrogens is 205 g/mol. The van der Waals surface area contributed by atoms with Crippen LogP contribution in [-0.4, -0.2) is 13.7 Å². The standard InChI is InChI=1S/C13H16FNO/c1-4-6-12(15-5-2)10-7-8-11(14)13(9-10)16-3/h1,7-9,12,15H,5-6H2,2-3H3. The summed E-state index contributed by atoms with van der Waals surface area (Å²) in [4.78, 5) is 0. The normalized spacial score (nSPS) is 11.9. The van der Waals surface area contributed by atoms with E-state index in [0.717, 1.165) is 12.1 Å². The first-order valence-corrected chi connectivity index (χ1v) is 5.23. The molecule has 0 saturated carbocycles. The summed E-state index contributed by atoms with van der Waals surface area (Å²) in [6.45, 7) is 2.82. The lowest BCUT2D eigenvalue weighted by Gasteiger charge is -2.16. The highest BCUT2D eigenvalue weighted by atomic mass is 19.1. The molecule has 0 amide bonds. The van der Waals surface area contributed by atoms with E-state index in [1.807, 2.05) is 6.92 Å². The quantitative estimate of drug-likeness (QED) is 0.771. The highest BCUT2D eigenvalue weighted by Gasteiger charge is 2.11. The minimum absolute atomic E-state index is 0.0458. The van der Waals surface area contributed by atoms with Gasteiger partial charge in [-0.2, -0.15) is 0 Å². The van der Waals surface area contributed by atoms with Crippen LogP contribution in [0.15, 0.2) is 18.2 Å². The maximum atomic E-state index is 13.2. The summed E-state index contributed by atoms with van der Waals surface area (Å²) in [6.07, 6.45) is 5.87. The summed E-state index contributed by atoms with van der Waals surface area (Å²) in [5.74, 6) is 2.49. The van der Waals surface area contributed by atoms with E-state index < -0.39 is 0 Å². The molecule has 1 N–H and O–H groups in total. The average Bonchev–Trinajstić information content (AvgIpc) is 2.29. The third kappa shape index (κ3) is 2.98. The van der Waals surface area contributed by atoms with Crippen molar-refractivity contribution in [3.05, 3.63) is 29.6 Å². The lowest BCUT2D eigenvalue weighted by molar-refractivity contribution is 0.385. The SMILES string of the molecule is C#CCC(NCC)c1ccc(F)c(OC)c1. The monoisotopic (exact) mass is 221 g/mol. The Bertz CT molecular complexity index is 384. The molecule has 0 aliphatic carbocycles. The van der Waals surface area contributed by atoms with Crippen molar-refractivity contribution in [3.63, 3.8) is 0 Å². The maximum Gasteiger partial charge on any atom is 0.165 e. The molecule has 1 atom stereocenters. The lowest BCUT2D eigenvalue weighted by Crippen LogP contribution is -2.20. The zero-order valence-corrected chi connectivity index (χ0v) is 9.59. The van der Waals surface area contributed by atoms with Crippen LogP contribution in [0.5, 0.6) is 5.75 Å². The van der Waals surface area contributed by atoms with Crippen molar-refractivity contribution < 1.29 is 9.13 Å². The van der Waals surface area contributed by atoms with Gasteiger partial charge in [0.1, 0.15) is 0 Å². The fourth-order valence-corrected chi connectivity index (χ4v) is 1.57. The number of nitrogens with one attached hydrogen (secondary N) is 1. The van der Waals surface area contributed by atoms with Gasteiger partial charge in [-0.1, -0.05) is 13.0 Å². The number of benzene rings is 1. The molecule has 1 rings (SSSR count). The highest BCUT2D eigenvalue weighted by molar-refractivity contribution is 5.32. The maximum absolute atomic E-state index is 13.2. The van der Waals surface area contributed by atoms with Gasteiger partial charge in [-0.25, -0.2) is 4.39 Å². The van der Waals surface area contributed by atoms with Crippen LogP contribution >= 0.6 is 0 Å². The van der Waals surface area contributed by atoms with Crippen LogP contribution in [0.2, 0.25) is 0 Å². The molecule has 16 heavy (non-hydrogen) atoms. The van der Waals surface area contributed by atoms with E-state index in [9.17, 15) is 4.39 Å². The molecule has 0 radical (unpaired) electrons. The topological polar surface area (TPSA) is 21.3 Å². The molecule has 1 aromatic carbocycles. The van der Waals surface area contributed by atoms with Gasteiger partial charge in [0.15, 0.2) is 11.6 Å². The van der Waals surface area contributed by atoms with Crippen LogP contribution in [-0.2, 0) is 0 Å². The van der Waals surface area contributed by atoms with Crippen LogP contribution in [0.1, 0.15) is 24.9 Å². The van der Waals surface area contributed by atoms with E-state index in [2.05, 4.69) is 11.2 Å². The van der Waals surface area contributed by atoms with E-state index in [1.54, 1.807) is 12.1 Å². The van der Waals surface area contributed by atoms with Crippen LogP contribution in [0.3, 0.4) is 0 Å². The van der Waals surface area contributed by atoms with Crippen molar-refractivity contribution in [2.45, 2.75) is 19.4 Å². The third-order valence-corrected chi connectivity index (χ3v) is 2.35. The molecule has 0 aliphatic rings. The Morgan fingerprint density at radius 1 is 1.56 bits per heavy atom. The van der Waals surface area contributed by atoms with Crippen molar-refractivity contribution >= 4 is 0 Å². The Morgan fingerprint density at radius 2 is 2.31 bits per heavy atom. The van der Waals surface area contributed by atoms with E-state index in [0.29, 0.717) is 6.42 Å².